The van der Waals surface area contributed by atoms with Crippen molar-refractivity contribution >= 4 is 11.8 Å². The second kappa shape index (κ2) is 7.13. The minimum Gasteiger partial charge on any atom is -0.479 e. The first-order valence-electron chi connectivity index (χ1n) is 11.4. The van der Waals surface area contributed by atoms with Gasteiger partial charge in [-0.05, 0) is 50.4 Å². The average Bonchev–Trinajstić information content (AvgIpc) is 3.14. The van der Waals surface area contributed by atoms with Crippen molar-refractivity contribution in [2.45, 2.75) is 73.9 Å². The van der Waals surface area contributed by atoms with Crippen LogP contribution in [0.4, 0.5) is 0 Å². The predicted molar refractivity (Wildman–Crippen MR) is 110 cm³/mol. The number of aliphatic hydroxyl groups excluding tert-OH is 3. The van der Waals surface area contributed by atoms with E-state index >= 15 is 0 Å². The van der Waals surface area contributed by atoms with Crippen LogP contribution in [-0.4, -0.2) is 93.5 Å². The highest BCUT2D eigenvalue weighted by Crippen LogP contribution is 2.63. The van der Waals surface area contributed by atoms with Crippen LogP contribution in [0.15, 0.2) is 12.1 Å². The van der Waals surface area contributed by atoms with E-state index in [1.807, 2.05) is 6.07 Å². The molecule has 3 fully saturated rings. The van der Waals surface area contributed by atoms with Crippen LogP contribution in [0.5, 0.6) is 11.5 Å². The number of likely N-dealkylation sites (tertiary alicyclic amines) is 1. The van der Waals surface area contributed by atoms with Crippen LogP contribution >= 0.6 is 0 Å². The third-order valence-electron chi connectivity index (χ3n) is 8.43. The first-order valence-corrected chi connectivity index (χ1v) is 11.4. The van der Waals surface area contributed by atoms with Gasteiger partial charge < -0.3 is 39.5 Å². The number of benzene rings is 1. The van der Waals surface area contributed by atoms with Gasteiger partial charge in [-0.3, -0.25) is 4.79 Å². The van der Waals surface area contributed by atoms with Crippen LogP contribution in [0.2, 0.25) is 0 Å². The molecule has 4 N–H and O–H groups in total. The molecule has 0 radical (unpaired) electrons. The smallest absolute Gasteiger partial charge is 0.335 e. The van der Waals surface area contributed by atoms with Crippen LogP contribution in [0.3, 0.4) is 0 Å². The predicted octanol–water partition coefficient (Wildman–Crippen LogP) is -0.804. The largest absolute Gasteiger partial charge is 0.479 e. The van der Waals surface area contributed by atoms with Crippen molar-refractivity contribution in [1.29, 1.82) is 0 Å². The zero-order valence-electron chi connectivity index (χ0n) is 18.1. The zero-order chi connectivity index (χ0) is 23.2. The van der Waals surface area contributed by atoms with Crippen LogP contribution in [0.1, 0.15) is 30.4 Å². The minimum atomic E-state index is -1.80. The number of carboxylic acid groups (broad SMARTS) is 1. The van der Waals surface area contributed by atoms with E-state index in [2.05, 4.69) is 11.9 Å². The summed E-state index contributed by atoms with van der Waals surface area (Å²) in [6, 6.07) is 3.93. The Morgan fingerprint density at radius 1 is 1.21 bits per heavy atom. The molecule has 1 aromatic rings. The van der Waals surface area contributed by atoms with Gasteiger partial charge in [-0.15, -0.1) is 0 Å². The number of Topliss-reactive ketones (excluding diaryl/α,β-unsaturated/α-hetero) is 1. The molecule has 0 amide bonds. The number of aliphatic carboxylic acids is 1. The van der Waals surface area contributed by atoms with Gasteiger partial charge >= 0.3 is 5.97 Å². The Labute approximate surface area is 189 Å². The molecule has 33 heavy (non-hydrogen) atoms. The van der Waals surface area contributed by atoms with Crippen molar-refractivity contribution < 1.29 is 44.2 Å². The lowest BCUT2D eigenvalue weighted by Gasteiger charge is -2.57. The Bertz CT molecular complexity index is 1030. The molecular weight excluding hydrogens is 434 g/mol. The molecule has 2 aliphatic carbocycles. The number of ketones is 1. The maximum absolute atomic E-state index is 13.0. The summed E-state index contributed by atoms with van der Waals surface area (Å²) in [6.45, 7) is 0.854. The van der Waals surface area contributed by atoms with Gasteiger partial charge in [-0.1, -0.05) is 6.07 Å². The number of carbonyl (C=O) groups excluding carboxylic acids is 1. The molecule has 178 valence electrons. The molecule has 10 nitrogen and oxygen atoms in total. The molecular formula is C23H27NO9. The Balaban J connectivity index is 1.41. The van der Waals surface area contributed by atoms with Gasteiger partial charge in [0.25, 0.3) is 0 Å². The molecule has 5 aliphatic rings. The lowest BCUT2D eigenvalue weighted by Crippen LogP contribution is -2.65. The highest BCUT2D eigenvalue weighted by atomic mass is 16.7. The van der Waals surface area contributed by atoms with Crippen molar-refractivity contribution in [1.82, 2.24) is 4.90 Å². The van der Waals surface area contributed by atoms with Gasteiger partial charge in [0.2, 0.25) is 6.29 Å². The molecule has 1 spiro atoms. The summed E-state index contributed by atoms with van der Waals surface area (Å²) in [5, 5.41) is 39.8. The fourth-order valence-corrected chi connectivity index (χ4v) is 6.88. The number of hydrogen-bond acceptors (Lipinski definition) is 9. The van der Waals surface area contributed by atoms with Gasteiger partial charge in [0.05, 0.1) is 0 Å². The molecule has 1 saturated carbocycles. The van der Waals surface area contributed by atoms with Gasteiger partial charge in [-0.2, -0.15) is 0 Å². The van der Waals surface area contributed by atoms with Gasteiger partial charge in [0.1, 0.15) is 18.3 Å². The van der Waals surface area contributed by atoms with Crippen molar-refractivity contribution in [2.75, 3.05) is 13.6 Å². The fourth-order valence-electron chi connectivity index (χ4n) is 6.88. The van der Waals surface area contributed by atoms with E-state index in [4.69, 9.17) is 14.2 Å². The van der Waals surface area contributed by atoms with Gasteiger partial charge in [-0.25, -0.2) is 4.79 Å². The Hall–Kier alpha value is -2.24. The van der Waals surface area contributed by atoms with Crippen LogP contribution in [0.25, 0.3) is 0 Å². The van der Waals surface area contributed by atoms with E-state index in [-0.39, 0.29) is 17.5 Å². The number of piperidine rings is 1. The molecule has 10 heteroatoms. The normalized spacial score (nSPS) is 43.6. The molecule has 6 rings (SSSR count). The van der Waals surface area contributed by atoms with Crippen LogP contribution in [-0.2, 0) is 26.2 Å². The summed E-state index contributed by atoms with van der Waals surface area (Å²) in [7, 11) is 2.13. The standard InChI is InChI=1S/C23H27NO9/c1-24-7-6-23-10-3-4-12(25)20(23)32-18-13(5-2-9(14(18)23)8-11(10)24)31-22-17(28)15(26)16(27)19(33-22)21(29)30/h2,5,10-11,15-17,19-20,22,26-28H,3-4,6-8H2,1H3,(H,29,30)/t10-,11+,15+,16+,17-,19+,20-,22+,23-/m1/s1. The summed E-state index contributed by atoms with van der Waals surface area (Å²) in [5.74, 6) is -0.470. The summed E-state index contributed by atoms with van der Waals surface area (Å²) in [6.07, 6.45) is -6.23. The molecule has 0 unspecified atom stereocenters. The topological polar surface area (TPSA) is 146 Å². The number of carboxylic acids is 1. The van der Waals surface area contributed by atoms with Crippen molar-refractivity contribution in [3.05, 3.63) is 23.3 Å². The summed E-state index contributed by atoms with van der Waals surface area (Å²) in [5.41, 5.74) is 1.67. The Kier molecular flexibility index (Phi) is 4.60. The molecule has 3 heterocycles. The van der Waals surface area contributed by atoms with Gasteiger partial charge in [0, 0.05) is 23.4 Å². The number of nitrogens with zero attached hydrogens (tertiary/aromatic N) is 1. The summed E-state index contributed by atoms with van der Waals surface area (Å²) in [4.78, 5) is 26.8. The number of ether oxygens (including phenoxy) is 3. The first kappa shape index (κ1) is 21.3. The molecule has 9 atom stereocenters. The molecule has 0 aromatic heterocycles. The number of hydrogen-bond donors (Lipinski definition) is 4. The number of likely N-dealkylation sites (N-methyl/N-ethyl adjacent to an activating group) is 1. The third-order valence-corrected chi connectivity index (χ3v) is 8.43. The lowest BCUT2D eigenvalue weighted by atomic mass is 9.52. The van der Waals surface area contributed by atoms with E-state index < -0.39 is 48.2 Å². The van der Waals surface area contributed by atoms with E-state index in [1.165, 1.54) is 0 Å². The number of rotatable bonds is 3. The quantitative estimate of drug-likeness (QED) is 0.451. The maximum Gasteiger partial charge on any atom is 0.335 e. The monoisotopic (exact) mass is 461 g/mol. The van der Waals surface area contributed by atoms with Crippen LogP contribution in [0, 0.1) is 5.92 Å². The molecule has 3 aliphatic heterocycles. The molecule has 2 saturated heterocycles. The maximum atomic E-state index is 13.0. The van der Waals surface area contributed by atoms with Crippen molar-refractivity contribution in [3.63, 3.8) is 0 Å². The summed E-state index contributed by atoms with van der Waals surface area (Å²) < 4.78 is 17.5. The third kappa shape index (κ3) is 2.72. The van der Waals surface area contributed by atoms with E-state index in [0.29, 0.717) is 18.2 Å². The fraction of sp³-hybridized carbons (Fsp3) is 0.652. The molecule has 1 aromatic carbocycles. The van der Waals surface area contributed by atoms with Crippen molar-refractivity contribution in [2.24, 2.45) is 5.92 Å². The number of aliphatic hydroxyl groups is 3. The Morgan fingerprint density at radius 2 is 2.00 bits per heavy atom. The second-order valence-electron chi connectivity index (χ2n) is 9.93. The zero-order valence-corrected chi connectivity index (χ0v) is 18.1. The lowest BCUT2D eigenvalue weighted by molar-refractivity contribution is -0.271. The SMILES string of the molecule is CN1CC[C@@]23c4c5ccc(O[C@H]6O[C@H](C(=O)O)[C@@H](O)[C@H](O)[C@H]6O)c4O[C@@H]2C(=O)CC[C@@H]3[C@@H]1C5. The average molecular weight is 461 g/mol. The molecule has 2 bridgehead atoms. The van der Waals surface area contributed by atoms with Crippen molar-refractivity contribution in [3.8, 4) is 11.5 Å². The number of carbonyl (C=O) groups is 2. The van der Waals surface area contributed by atoms with Crippen LogP contribution < -0.4 is 9.47 Å². The highest BCUT2D eigenvalue weighted by molar-refractivity contribution is 5.89. The van der Waals surface area contributed by atoms with E-state index in [1.54, 1.807) is 6.07 Å². The minimum absolute atomic E-state index is 0.0722. The van der Waals surface area contributed by atoms with E-state index in [9.17, 15) is 30.0 Å². The highest BCUT2D eigenvalue weighted by Gasteiger charge is 2.65. The van der Waals surface area contributed by atoms with Gasteiger partial charge in [0.15, 0.2) is 29.5 Å². The Morgan fingerprint density at radius 3 is 2.76 bits per heavy atom. The summed E-state index contributed by atoms with van der Waals surface area (Å²) >= 11 is 0. The van der Waals surface area contributed by atoms with E-state index in [0.717, 1.165) is 36.9 Å². The first-order chi connectivity index (χ1) is 15.7. The second-order valence-corrected chi connectivity index (χ2v) is 9.93.